The number of morpholine rings is 1. The van der Waals surface area contributed by atoms with Crippen LogP contribution in [0.4, 0.5) is 13.2 Å². The van der Waals surface area contributed by atoms with Gasteiger partial charge < -0.3 is 19.5 Å². The number of ether oxygens (including phenoxy) is 1. The predicted molar refractivity (Wildman–Crippen MR) is 70.1 cm³/mol. The summed E-state index contributed by atoms with van der Waals surface area (Å²) in [5, 5.41) is 2.96. The average Bonchev–Trinajstić information content (AvgIpc) is 2.84. The highest BCUT2D eigenvalue weighted by atomic mass is 19.4. The lowest BCUT2D eigenvalue weighted by molar-refractivity contribution is -0.140. The summed E-state index contributed by atoms with van der Waals surface area (Å²) in [5.41, 5.74) is 0.0532. The molecule has 5 nitrogen and oxygen atoms in total. The molecule has 1 aromatic rings. The summed E-state index contributed by atoms with van der Waals surface area (Å²) in [6.07, 6.45) is -3.22. The maximum Gasteiger partial charge on any atom is 0.406 e. The first-order valence-electron chi connectivity index (χ1n) is 6.68. The van der Waals surface area contributed by atoms with E-state index in [1.54, 1.807) is 7.05 Å². The number of likely N-dealkylation sites (N-methyl/N-ethyl adjacent to an activating group) is 1. The van der Waals surface area contributed by atoms with Crippen LogP contribution < -0.4 is 5.32 Å². The Hall–Kier alpha value is -1.54. The number of nitrogens with zero attached hydrogens (tertiary/aromatic N) is 2. The molecule has 0 spiro atoms. The number of nitrogens with one attached hydrogen (secondary N) is 1. The Kier molecular flexibility index (Phi) is 4.89. The third-order valence-electron chi connectivity index (χ3n) is 3.26. The average molecular weight is 305 g/mol. The molecule has 0 saturated carbocycles. The van der Waals surface area contributed by atoms with Crippen molar-refractivity contribution in [3.05, 3.63) is 24.0 Å². The number of hydrogen-bond donors (Lipinski definition) is 1. The summed E-state index contributed by atoms with van der Waals surface area (Å²) in [6.45, 7) is 0.573. The van der Waals surface area contributed by atoms with Gasteiger partial charge in [-0.05, 0) is 19.2 Å². The molecule has 2 heterocycles. The van der Waals surface area contributed by atoms with Gasteiger partial charge in [-0.1, -0.05) is 0 Å². The molecule has 1 aromatic heterocycles. The zero-order valence-corrected chi connectivity index (χ0v) is 11.7. The first-order valence-corrected chi connectivity index (χ1v) is 6.68. The topological polar surface area (TPSA) is 46.5 Å². The third-order valence-corrected chi connectivity index (χ3v) is 3.26. The summed E-state index contributed by atoms with van der Waals surface area (Å²) >= 11 is 0. The zero-order valence-electron chi connectivity index (χ0n) is 11.7. The molecular weight excluding hydrogens is 287 g/mol. The fourth-order valence-corrected chi connectivity index (χ4v) is 2.36. The molecule has 0 aromatic carbocycles. The number of rotatable bonds is 4. The minimum absolute atomic E-state index is 0.0532. The van der Waals surface area contributed by atoms with Gasteiger partial charge in [0.15, 0.2) is 0 Å². The minimum Gasteiger partial charge on any atom is -0.373 e. The van der Waals surface area contributed by atoms with E-state index in [1.165, 1.54) is 23.2 Å². The molecule has 0 bridgehead atoms. The van der Waals surface area contributed by atoms with Crippen LogP contribution in [0, 0.1) is 0 Å². The molecule has 1 atom stereocenters. The molecule has 1 aliphatic heterocycles. The first kappa shape index (κ1) is 15.8. The van der Waals surface area contributed by atoms with E-state index in [4.69, 9.17) is 4.74 Å². The quantitative estimate of drug-likeness (QED) is 0.906. The van der Waals surface area contributed by atoms with Crippen LogP contribution in [0.25, 0.3) is 0 Å². The van der Waals surface area contributed by atoms with Gasteiger partial charge in [0.1, 0.15) is 12.2 Å². The molecule has 21 heavy (non-hydrogen) atoms. The molecule has 8 heteroatoms. The fraction of sp³-hybridized carbons (Fsp3) is 0.615. The lowest BCUT2D eigenvalue weighted by Gasteiger charge is -2.33. The number of carbonyl (C=O) groups is 1. The summed E-state index contributed by atoms with van der Waals surface area (Å²) in [4.78, 5) is 13.9. The Morgan fingerprint density at radius 1 is 1.52 bits per heavy atom. The van der Waals surface area contributed by atoms with Crippen LogP contribution in [0.1, 0.15) is 10.5 Å². The monoisotopic (exact) mass is 305 g/mol. The van der Waals surface area contributed by atoms with Crippen LogP contribution in [0.2, 0.25) is 0 Å². The predicted octanol–water partition coefficient (Wildman–Crippen LogP) is 1.11. The Balaban J connectivity index is 2.08. The molecule has 118 valence electrons. The van der Waals surface area contributed by atoms with E-state index >= 15 is 0 Å². The maximum absolute atomic E-state index is 12.5. The normalized spacial score (nSPS) is 19.8. The van der Waals surface area contributed by atoms with Crippen molar-refractivity contribution >= 4 is 5.91 Å². The Labute approximate surface area is 120 Å². The number of hydrogen-bond acceptors (Lipinski definition) is 3. The van der Waals surface area contributed by atoms with Crippen LogP contribution >= 0.6 is 0 Å². The van der Waals surface area contributed by atoms with Gasteiger partial charge in [-0.3, -0.25) is 4.79 Å². The molecule has 1 fully saturated rings. The smallest absolute Gasteiger partial charge is 0.373 e. The van der Waals surface area contributed by atoms with Crippen LogP contribution in [-0.2, 0) is 11.3 Å². The standard InChI is InChI=1S/C13H18F3N3O2/c1-17-7-10-8-18(5-6-21-10)12(20)11-3-2-4-19(11)9-13(14,15)16/h2-4,10,17H,5-9H2,1H3. The van der Waals surface area contributed by atoms with Crippen LogP contribution in [-0.4, -0.2) is 60.9 Å². The van der Waals surface area contributed by atoms with E-state index < -0.39 is 18.6 Å². The Bertz CT molecular complexity index is 485. The van der Waals surface area contributed by atoms with Crippen molar-refractivity contribution in [1.82, 2.24) is 14.8 Å². The van der Waals surface area contributed by atoms with Gasteiger partial charge in [0.2, 0.25) is 0 Å². The number of amides is 1. The van der Waals surface area contributed by atoms with Gasteiger partial charge in [0, 0.05) is 25.8 Å². The lowest BCUT2D eigenvalue weighted by atomic mass is 10.2. The summed E-state index contributed by atoms with van der Waals surface area (Å²) < 4.78 is 43.9. The van der Waals surface area contributed by atoms with Crippen molar-refractivity contribution in [3.8, 4) is 0 Å². The maximum atomic E-state index is 12.5. The van der Waals surface area contributed by atoms with E-state index in [0.717, 1.165) is 4.57 Å². The van der Waals surface area contributed by atoms with Crippen molar-refractivity contribution in [1.29, 1.82) is 0 Å². The van der Waals surface area contributed by atoms with E-state index in [1.807, 2.05) is 0 Å². The van der Waals surface area contributed by atoms with Gasteiger partial charge in [0.25, 0.3) is 5.91 Å². The zero-order chi connectivity index (χ0) is 15.5. The second-order valence-electron chi connectivity index (χ2n) is 4.94. The number of aromatic nitrogens is 1. The highest BCUT2D eigenvalue weighted by Crippen LogP contribution is 2.20. The van der Waals surface area contributed by atoms with E-state index in [9.17, 15) is 18.0 Å². The summed E-state index contributed by atoms with van der Waals surface area (Å²) in [5.74, 6) is -0.395. The molecule has 1 aliphatic rings. The van der Waals surface area contributed by atoms with Crippen molar-refractivity contribution in [2.24, 2.45) is 0 Å². The molecule has 1 saturated heterocycles. The number of carbonyl (C=O) groups excluding carboxylic acids is 1. The van der Waals surface area contributed by atoms with Crippen LogP contribution in [0.5, 0.6) is 0 Å². The second kappa shape index (κ2) is 6.48. The molecule has 0 radical (unpaired) electrons. The van der Waals surface area contributed by atoms with E-state index in [2.05, 4.69) is 5.32 Å². The van der Waals surface area contributed by atoms with E-state index in [-0.39, 0.29) is 11.8 Å². The number of alkyl halides is 3. The van der Waals surface area contributed by atoms with Gasteiger partial charge in [-0.15, -0.1) is 0 Å². The highest BCUT2D eigenvalue weighted by Gasteiger charge is 2.31. The molecule has 0 aliphatic carbocycles. The fourth-order valence-electron chi connectivity index (χ4n) is 2.36. The molecule has 1 amide bonds. The largest absolute Gasteiger partial charge is 0.406 e. The van der Waals surface area contributed by atoms with Crippen molar-refractivity contribution < 1.29 is 22.7 Å². The molecule has 2 rings (SSSR count). The van der Waals surface area contributed by atoms with Crippen LogP contribution in [0.15, 0.2) is 18.3 Å². The van der Waals surface area contributed by atoms with Gasteiger partial charge >= 0.3 is 6.18 Å². The third kappa shape index (κ3) is 4.21. The lowest BCUT2D eigenvalue weighted by Crippen LogP contribution is -2.49. The summed E-state index contributed by atoms with van der Waals surface area (Å²) in [6, 6.07) is 2.86. The van der Waals surface area contributed by atoms with Crippen molar-refractivity contribution in [2.75, 3.05) is 33.3 Å². The SMILES string of the molecule is CNCC1CN(C(=O)c2cccn2CC(F)(F)F)CCO1. The minimum atomic E-state index is -4.35. The first-order chi connectivity index (χ1) is 9.90. The second-order valence-corrected chi connectivity index (χ2v) is 4.94. The molecular formula is C13H18F3N3O2. The van der Waals surface area contributed by atoms with Gasteiger partial charge in [-0.25, -0.2) is 0 Å². The van der Waals surface area contributed by atoms with Gasteiger partial charge in [-0.2, -0.15) is 13.2 Å². The molecule has 1 N–H and O–H groups in total. The highest BCUT2D eigenvalue weighted by molar-refractivity contribution is 5.92. The molecule has 1 unspecified atom stereocenters. The van der Waals surface area contributed by atoms with Crippen molar-refractivity contribution in [3.63, 3.8) is 0 Å². The Morgan fingerprint density at radius 3 is 2.95 bits per heavy atom. The van der Waals surface area contributed by atoms with Gasteiger partial charge in [0.05, 0.1) is 12.7 Å². The Morgan fingerprint density at radius 2 is 2.29 bits per heavy atom. The van der Waals surface area contributed by atoms with Crippen molar-refractivity contribution in [2.45, 2.75) is 18.8 Å². The van der Waals surface area contributed by atoms with Crippen LogP contribution in [0.3, 0.4) is 0 Å². The summed E-state index contributed by atoms with van der Waals surface area (Å²) in [7, 11) is 1.78. The number of halogens is 3. The van der Waals surface area contributed by atoms with E-state index in [0.29, 0.717) is 26.2 Å².